The van der Waals surface area contributed by atoms with Gasteiger partial charge < -0.3 is 10.1 Å². The van der Waals surface area contributed by atoms with E-state index in [1.165, 1.54) is 6.33 Å². The number of rotatable bonds is 5. The third-order valence-corrected chi connectivity index (χ3v) is 4.48. The molecule has 2 heterocycles. The number of hydrogen-bond acceptors (Lipinski definition) is 5. The van der Waals surface area contributed by atoms with Crippen molar-refractivity contribution in [2.24, 2.45) is 0 Å². The summed E-state index contributed by atoms with van der Waals surface area (Å²) in [4.78, 5) is 27.9. The van der Waals surface area contributed by atoms with Crippen LogP contribution in [-0.4, -0.2) is 33.2 Å². The van der Waals surface area contributed by atoms with Crippen LogP contribution in [0.2, 0.25) is 5.02 Å². The van der Waals surface area contributed by atoms with Crippen molar-refractivity contribution in [3.63, 3.8) is 0 Å². The molecular weight excluding hydrogens is 382 g/mol. The van der Waals surface area contributed by atoms with Crippen LogP contribution >= 0.6 is 11.6 Å². The fourth-order valence-corrected chi connectivity index (χ4v) is 3.15. The zero-order chi connectivity index (χ0) is 19.5. The van der Waals surface area contributed by atoms with Crippen molar-refractivity contribution in [2.75, 3.05) is 17.2 Å². The summed E-state index contributed by atoms with van der Waals surface area (Å²) in [6, 6.07) is 13.9. The van der Waals surface area contributed by atoms with E-state index in [0.717, 1.165) is 5.56 Å². The minimum Gasteiger partial charge on any atom is -0.484 e. The Bertz CT molecular complexity index is 1020. The third kappa shape index (κ3) is 3.96. The van der Waals surface area contributed by atoms with E-state index in [0.29, 0.717) is 22.4 Å². The number of fused-ring (bicyclic) bond motifs is 1. The topological polar surface area (TPSA) is 98.1 Å². The number of benzene rings is 2. The van der Waals surface area contributed by atoms with Crippen molar-refractivity contribution >= 4 is 35.1 Å². The van der Waals surface area contributed by atoms with Crippen LogP contribution < -0.4 is 15.4 Å². The maximum absolute atomic E-state index is 12.0. The van der Waals surface area contributed by atoms with Crippen LogP contribution in [-0.2, 0) is 9.59 Å². The molecule has 142 valence electrons. The minimum absolute atomic E-state index is 0.108. The number of aromatic nitrogens is 3. The first-order valence-corrected chi connectivity index (χ1v) is 8.94. The summed E-state index contributed by atoms with van der Waals surface area (Å²) < 4.78 is 7.21. The second-order valence-electron chi connectivity index (χ2n) is 6.21. The summed E-state index contributed by atoms with van der Waals surface area (Å²) in [5.41, 5.74) is 1.51. The van der Waals surface area contributed by atoms with Crippen LogP contribution in [0.15, 0.2) is 54.9 Å². The molecule has 0 saturated carbocycles. The lowest BCUT2D eigenvalue weighted by Gasteiger charge is -2.23. The number of amides is 2. The van der Waals surface area contributed by atoms with Gasteiger partial charge in [-0.15, -0.1) is 0 Å². The summed E-state index contributed by atoms with van der Waals surface area (Å²) in [6.45, 7) is -0.134. The van der Waals surface area contributed by atoms with Gasteiger partial charge in [0, 0.05) is 10.7 Å². The van der Waals surface area contributed by atoms with Crippen LogP contribution in [0.3, 0.4) is 0 Å². The second-order valence-corrected chi connectivity index (χ2v) is 6.65. The molecule has 2 amide bonds. The standard InChI is InChI=1S/C19H16ClN5O3/c20-13-2-1-3-14(8-13)23-18(27)10-28-15-6-4-12(5-7-15)16-9-17(26)24-19-21-11-22-25(16)19/h1-8,11,16H,9-10H2,(H,23,27)(H,21,22,24,26)/t16-/m0/s1. The Morgan fingerprint density at radius 1 is 1.29 bits per heavy atom. The molecule has 2 aromatic carbocycles. The predicted molar refractivity (Wildman–Crippen MR) is 103 cm³/mol. The molecule has 0 aliphatic carbocycles. The van der Waals surface area contributed by atoms with Gasteiger partial charge in [-0.25, -0.2) is 4.68 Å². The highest BCUT2D eigenvalue weighted by Crippen LogP contribution is 2.29. The Hall–Kier alpha value is -3.39. The molecule has 0 spiro atoms. The van der Waals surface area contributed by atoms with E-state index < -0.39 is 0 Å². The molecule has 0 radical (unpaired) electrons. The molecule has 4 rings (SSSR count). The normalized spacial score (nSPS) is 15.5. The molecule has 1 atom stereocenters. The van der Waals surface area contributed by atoms with Crippen molar-refractivity contribution < 1.29 is 14.3 Å². The number of carbonyl (C=O) groups excluding carboxylic acids is 2. The van der Waals surface area contributed by atoms with Gasteiger partial charge in [0.1, 0.15) is 12.1 Å². The van der Waals surface area contributed by atoms with Gasteiger partial charge in [-0.3, -0.25) is 14.9 Å². The van der Waals surface area contributed by atoms with Crippen LogP contribution in [0.4, 0.5) is 11.6 Å². The Morgan fingerprint density at radius 2 is 2.11 bits per heavy atom. The molecular formula is C19H16ClN5O3. The predicted octanol–water partition coefficient (Wildman–Crippen LogP) is 2.88. The molecule has 0 saturated heterocycles. The molecule has 1 aliphatic heterocycles. The maximum Gasteiger partial charge on any atom is 0.262 e. The summed E-state index contributed by atoms with van der Waals surface area (Å²) in [5, 5.41) is 10.1. The van der Waals surface area contributed by atoms with Gasteiger partial charge in [-0.2, -0.15) is 10.1 Å². The number of anilines is 2. The number of ether oxygens (including phenoxy) is 1. The largest absolute Gasteiger partial charge is 0.484 e. The summed E-state index contributed by atoms with van der Waals surface area (Å²) in [7, 11) is 0. The lowest BCUT2D eigenvalue weighted by atomic mass is 10.0. The average molecular weight is 398 g/mol. The number of halogens is 1. The Labute approximate surface area is 165 Å². The number of hydrogen-bond donors (Lipinski definition) is 2. The van der Waals surface area contributed by atoms with E-state index in [4.69, 9.17) is 16.3 Å². The van der Waals surface area contributed by atoms with Gasteiger partial charge in [0.15, 0.2) is 6.61 Å². The van der Waals surface area contributed by atoms with Gasteiger partial charge >= 0.3 is 0 Å². The Kier molecular flexibility index (Phi) is 4.94. The molecule has 3 aromatic rings. The van der Waals surface area contributed by atoms with Crippen molar-refractivity contribution in [3.05, 3.63) is 65.4 Å². The van der Waals surface area contributed by atoms with Gasteiger partial charge in [-0.05, 0) is 35.9 Å². The Balaban J connectivity index is 1.38. The molecule has 0 unspecified atom stereocenters. The van der Waals surface area contributed by atoms with Crippen LogP contribution in [0.5, 0.6) is 5.75 Å². The molecule has 0 bridgehead atoms. The first kappa shape index (κ1) is 18.0. The van der Waals surface area contributed by atoms with E-state index in [1.807, 2.05) is 12.1 Å². The molecule has 0 fully saturated rings. The lowest BCUT2D eigenvalue weighted by molar-refractivity contribution is -0.118. The Morgan fingerprint density at radius 3 is 2.89 bits per heavy atom. The van der Waals surface area contributed by atoms with Crippen LogP contribution in [0.25, 0.3) is 0 Å². The second kappa shape index (κ2) is 7.69. The van der Waals surface area contributed by atoms with Gasteiger partial charge in [-0.1, -0.05) is 29.8 Å². The van der Waals surface area contributed by atoms with E-state index in [1.54, 1.807) is 41.1 Å². The fourth-order valence-electron chi connectivity index (χ4n) is 2.96. The van der Waals surface area contributed by atoms with E-state index >= 15 is 0 Å². The van der Waals surface area contributed by atoms with Gasteiger partial charge in [0.2, 0.25) is 11.9 Å². The highest BCUT2D eigenvalue weighted by molar-refractivity contribution is 6.30. The number of nitrogens with one attached hydrogen (secondary N) is 2. The van der Waals surface area contributed by atoms with E-state index in [2.05, 4.69) is 20.7 Å². The van der Waals surface area contributed by atoms with Crippen LogP contribution in [0, 0.1) is 0 Å². The highest BCUT2D eigenvalue weighted by Gasteiger charge is 2.27. The van der Waals surface area contributed by atoms with Crippen molar-refractivity contribution in [1.82, 2.24) is 14.8 Å². The smallest absolute Gasteiger partial charge is 0.262 e. The molecule has 1 aromatic heterocycles. The first-order valence-electron chi connectivity index (χ1n) is 8.56. The minimum atomic E-state index is -0.289. The third-order valence-electron chi connectivity index (χ3n) is 4.24. The quantitative estimate of drug-likeness (QED) is 0.689. The monoisotopic (exact) mass is 397 g/mol. The molecule has 9 heteroatoms. The average Bonchev–Trinajstić information content (AvgIpc) is 3.14. The lowest BCUT2D eigenvalue weighted by Crippen LogP contribution is -2.29. The molecule has 8 nitrogen and oxygen atoms in total. The molecule has 2 N–H and O–H groups in total. The van der Waals surface area contributed by atoms with Gasteiger partial charge in [0.05, 0.1) is 12.5 Å². The SMILES string of the molecule is O=C(COc1ccc([C@@H]2CC(=O)Nc3ncnn32)cc1)Nc1cccc(Cl)c1. The summed E-state index contributed by atoms with van der Waals surface area (Å²) in [6.07, 6.45) is 1.68. The number of carbonyl (C=O) groups is 2. The van der Waals surface area contributed by atoms with Crippen LogP contribution in [0.1, 0.15) is 18.0 Å². The highest BCUT2D eigenvalue weighted by atomic mass is 35.5. The van der Waals surface area contributed by atoms with E-state index in [9.17, 15) is 9.59 Å². The van der Waals surface area contributed by atoms with Crippen molar-refractivity contribution in [2.45, 2.75) is 12.5 Å². The maximum atomic E-state index is 12.0. The number of nitrogens with zero attached hydrogens (tertiary/aromatic N) is 3. The zero-order valence-corrected chi connectivity index (χ0v) is 15.4. The summed E-state index contributed by atoms with van der Waals surface area (Å²) in [5.74, 6) is 0.578. The summed E-state index contributed by atoms with van der Waals surface area (Å²) >= 11 is 5.90. The molecule has 28 heavy (non-hydrogen) atoms. The van der Waals surface area contributed by atoms with Crippen molar-refractivity contribution in [1.29, 1.82) is 0 Å². The van der Waals surface area contributed by atoms with E-state index in [-0.39, 0.29) is 30.9 Å². The van der Waals surface area contributed by atoms with Crippen molar-refractivity contribution in [3.8, 4) is 5.75 Å². The zero-order valence-electron chi connectivity index (χ0n) is 14.6. The van der Waals surface area contributed by atoms with Gasteiger partial charge in [0.25, 0.3) is 5.91 Å². The molecule has 1 aliphatic rings. The first-order chi connectivity index (χ1) is 13.6. The fraction of sp³-hybridized carbons (Fsp3) is 0.158.